The molecule has 0 aliphatic rings. The Labute approximate surface area is 222 Å². The van der Waals surface area contributed by atoms with Crippen molar-refractivity contribution in [1.29, 1.82) is 0 Å². The topological polar surface area (TPSA) is 92.4 Å². The fourth-order valence-corrected chi connectivity index (χ4v) is 4.73. The van der Waals surface area contributed by atoms with E-state index in [4.69, 9.17) is 4.74 Å². The molecule has 0 spiro atoms. The average molecular weight is 513 g/mol. The van der Waals surface area contributed by atoms with Crippen LogP contribution in [0, 0.1) is 5.82 Å². The zero-order valence-corrected chi connectivity index (χ0v) is 20.6. The number of ether oxygens (including phenoxy) is 1. The Hall–Kier alpha value is -5.37. The maximum Gasteiger partial charge on any atom is 0.155 e. The highest BCUT2D eigenvalue weighted by atomic mass is 19.1. The van der Waals surface area contributed by atoms with E-state index in [1.54, 1.807) is 36.9 Å². The summed E-state index contributed by atoms with van der Waals surface area (Å²) in [5, 5.41) is 9.19. The van der Waals surface area contributed by atoms with Crippen LogP contribution in [0.2, 0.25) is 0 Å². The van der Waals surface area contributed by atoms with Gasteiger partial charge in [0.15, 0.2) is 5.65 Å². The molecule has 188 valence electrons. The van der Waals surface area contributed by atoms with Gasteiger partial charge in [-0.3, -0.25) is 10.1 Å². The molecule has 5 heterocycles. The van der Waals surface area contributed by atoms with Crippen LogP contribution >= 0.6 is 0 Å². The lowest BCUT2D eigenvalue weighted by Crippen LogP contribution is -1.96. The van der Waals surface area contributed by atoms with Crippen LogP contribution in [0.4, 0.5) is 4.39 Å². The van der Waals surface area contributed by atoms with Gasteiger partial charge in [-0.25, -0.2) is 14.4 Å². The lowest BCUT2D eigenvalue weighted by Gasteiger charge is -2.08. The minimum Gasteiger partial charge on any atom is -0.487 e. The number of rotatable bonds is 6. The smallest absolute Gasteiger partial charge is 0.155 e. The third-order valence-electron chi connectivity index (χ3n) is 6.66. The van der Waals surface area contributed by atoms with Crippen LogP contribution in [0.25, 0.3) is 55.7 Å². The minimum atomic E-state index is -0.282. The lowest BCUT2D eigenvalue weighted by atomic mass is 10.0. The second-order valence-electron chi connectivity index (χ2n) is 9.16. The van der Waals surface area contributed by atoms with Crippen LogP contribution in [0.5, 0.6) is 5.75 Å². The van der Waals surface area contributed by atoms with Gasteiger partial charge in [0.2, 0.25) is 0 Å². The standard InChI is InChI=1S/C31H21FN6O/c32-27-9-5-4-8-24(27)23-10-11-34-30-25(23)14-28(36-30)29-26-13-21(16-35-31(26)38-37-29)20-12-22(17-33-15-20)39-18-19-6-2-1-3-7-19/h1-17H,18H2,(H,34,36)(H,35,37,38). The third-order valence-corrected chi connectivity index (χ3v) is 6.66. The fourth-order valence-electron chi connectivity index (χ4n) is 4.73. The number of H-pyrrole nitrogens is 2. The molecule has 0 bridgehead atoms. The molecule has 2 N–H and O–H groups in total. The van der Waals surface area contributed by atoms with Crippen molar-refractivity contribution in [2.45, 2.75) is 6.61 Å². The predicted molar refractivity (Wildman–Crippen MR) is 148 cm³/mol. The summed E-state index contributed by atoms with van der Waals surface area (Å²) in [5.74, 6) is 0.390. The van der Waals surface area contributed by atoms with Crippen molar-refractivity contribution in [2.24, 2.45) is 0 Å². The fraction of sp³-hybridized carbons (Fsp3) is 0.0323. The molecule has 8 heteroatoms. The number of benzene rings is 2. The van der Waals surface area contributed by atoms with Gasteiger partial charge in [-0.15, -0.1) is 0 Å². The minimum absolute atomic E-state index is 0.282. The summed E-state index contributed by atoms with van der Waals surface area (Å²) in [6, 6.07) is 24.5. The summed E-state index contributed by atoms with van der Waals surface area (Å²) < 4.78 is 20.6. The number of halogens is 1. The number of nitrogens with zero attached hydrogens (tertiary/aromatic N) is 4. The monoisotopic (exact) mass is 512 g/mol. The van der Waals surface area contributed by atoms with Gasteiger partial charge in [0.1, 0.15) is 29.5 Å². The predicted octanol–water partition coefficient (Wildman–Crippen LogP) is 6.95. The van der Waals surface area contributed by atoms with Crippen molar-refractivity contribution in [3.8, 4) is 39.4 Å². The molecule has 7 aromatic rings. The molecular formula is C31H21FN6O. The highest BCUT2D eigenvalue weighted by molar-refractivity contribution is 5.99. The van der Waals surface area contributed by atoms with Crippen molar-refractivity contribution in [3.63, 3.8) is 0 Å². The molecule has 0 aliphatic heterocycles. The van der Waals surface area contributed by atoms with Crippen molar-refractivity contribution in [3.05, 3.63) is 115 Å². The van der Waals surface area contributed by atoms with Gasteiger partial charge in [0.25, 0.3) is 0 Å². The third kappa shape index (κ3) is 4.27. The van der Waals surface area contributed by atoms with E-state index in [2.05, 4.69) is 30.1 Å². The zero-order chi connectivity index (χ0) is 26.2. The van der Waals surface area contributed by atoms with E-state index in [1.807, 2.05) is 60.7 Å². The normalized spacial score (nSPS) is 11.3. The molecule has 0 radical (unpaired) electrons. The second-order valence-corrected chi connectivity index (χ2v) is 9.16. The van der Waals surface area contributed by atoms with Gasteiger partial charge >= 0.3 is 0 Å². The maximum atomic E-state index is 14.6. The molecule has 0 atom stereocenters. The molecule has 0 amide bonds. The van der Waals surface area contributed by atoms with Crippen LogP contribution in [0.15, 0.2) is 104 Å². The summed E-state index contributed by atoms with van der Waals surface area (Å²) in [7, 11) is 0. The maximum absolute atomic E-state index is 14.6. The highest BCUT2D eigenvalue weighted by Crippen LogP contribution is 2.35. The van der Waals surface area contributed by atoms with Crippen LogP contribution in [-0.2, 0) is 6.61 Å². The van der Waals surface area contributed by atoms with Gasteiger partial charge in [0, 0.05) is 46.1 Å². The van der Waals surface area contributed by atoms with Crippen molar-refractivity contribution in [1.82, 2.24) is 30.1 Å². The molecule has 0 aliphatic carbocycles. The molecule has 2 aromatic carbocycles. The van der Waals surface area contributed by atoms with Crippen LogP contribution < -0.4 is 4.74 Å². The van der Waals surface area contributed by atoms with Gasteiger partial charge in [-0.05, 0) is 41.5 Å². The summed E-state index contributed by atoms with van der Waals surface area (Å²) in [6.45, 7) is 0.457. The van der Waals surface area contributed by atoms with Crippen LogP contribution in [0.1, 0.15) is 5.56 Å². The van der Waals surface area contributed by atoms with Crippen molar-refractivity contribution in [2.75, 3.05) is 0 Å². The number of pyridine rings is 3. The number of hydrogen-bond donors (Lipinski definition) is 2. The van der Waals surface area contributed by atoms with E-state index in [0.29, 0.717) is 34.9 Å². The summed E-state index contributed by atoms with van der Waals surface area (Å²) in [4.78, 5) is 16.8. The highest BCUT2D eigenvalue weighted by Gasteiger charge is 2.17. The first-order valence-corrected chi connectivity index (χ1v) is 12.4. The molecule has 7 nitrogen and oxygen atoms in total. The van der Waals surface area contributed by atoms with Gasteiger partial charge in [-0.2, -0.15) is 5.10 Å². The van der Waals surface area contributed by atoms with Gasteiger partial charge in [0.05, 0.1) is 11.9 Å². The van der Waals surface area contributed by atoms with E-state index in [1.165, 1.54) is 6.07 Å². The number of nitrogens with one attached hydrogen (secondary N) is 2. The van der Waals surface area contributed by atoms with Crippen LogP contribution in [-0.4, -0.2) is 30.1 Å². The largest absolute Gasteiger partial charge is 0.487 e. The van der Waals surface area contributed by atoms with E-state index in [0.717, 1.165) is 38.7 Å². The van der Waals surface area contributed by atoms with Gasteiger partial charge in [-0.1, -0.05) is 48.5 Å². The number of fused-ring (bicyclic) bond motifs is 2. The SMILES string of the molecule is Fc1ccccc1-c1ccnc2[nH]c(-c3n[nH]c4ncc(-c5cncc(OCc6ccccc6)c5)cc34)cc12. The summed E-state index contributed by atoms with van der Waals surface area (Å²) >= 11 is 0. The zero-order valence-electron chi connectivity index (χ0n) is 20.6. The first kappa shape index (κ1) is 22.8. The molecular weight excluding hydrogens is 491 g/mol. The Morgan fingerprint density at radius 1 is 0.744 bits per heavy atom. The lowest BCUT2D eigenvalue weighted by molar-refractivity contribution is 0.305. The van der Waals surface area contributed by atoms with Gasteiger partial charge < -0.3 is 9.72 Å². The molecule has 0 saturated heterocycles. The van der Waals surface area contributed by atoms with Crippen molar-refractivity contribution < 1.29 is 9.13 Å². The molecule has 5 aromatic heterocycles. The average Bonchev–Trinajstić information content (AvgIpc) is 3.61. The summed E-state index contributed by atoms with van der Waals surface area (Å²) in [5.41, 5.74) is 6.88. The van der Waals surface area contributed by atoms with E-state index < -0.39 is 0 Å². The van der Waals surface area contributed by atoms with Crippen LogP contribution in [0.3, 0.4) is 0 Å². The molecule has 0 saturated carbocycles. The van der Waals surface area contributed by atoms with Crippen molar-refractivity contribution >= 4 is 22.1 Å². The Kier molecular flexibility index (Phi) is 5.55. The Morgan fingerprint density at radius 2 is 1.59 bits per heavy atom. The molecule has 39 heavy (non-hydrogen) atoms. The second kappa shape index (κ2) is 9.50. The molecule has 0 fully saturated rings. The number of aromatic nitrogens is 6. The summed E-state index contributed by atoms with van der Waals surface area (Å²) in [6.07, 6.45) is 6.94. The first-order chi connectivity index (χ1) is 19.2. The van der Waals surface area contributed by atoms with E-state index >= 15 is 0 Å². The number of hydrogen-bond acceptors (Lipinski definition) is 5. The molecule has 7 rings (SSSR count). The molecule has 0 unspecified atom stereocenters. The Morgan fingerprint density at radius 3 is 2.49 bits per heavy atom. The Balaban J connectivity index is 1.25. The first-order valence-electron chi connectivity index (χ1n) is 12.4. The Bertz CT molecular complexity index is 1950. The van der Waals surface area contributed by atoms with E-state index in [-0.39, 0.29) is 5.82 Å². The quantitative estimate of drug-likeness (QED) is 0.252. The number of aromatic amines is 2. The van der Waals surface area contributed by atoms with E-state index in [9.17, 15) is 4.39 Å².